The molecule has 2 aliphatic rings. The molecule has 1 aromatic rings. The number of hydrogen-bond acceptors (Lipinski definition) is 7. The number of carbonyl (C=O) groups excluding carboxylic acids is 2. The van der Waals surface area contributed by atoms with E-state index in [1.165, 1.54) is 11.1 Å². The fourth-order valence-corrected chi connectivity index (χ4v) is 3.20. The number of urea groups is 1. The Morgan fingerprint density at radius 3 is 2.28 bits per heavy atom. The molecular formula is C20H22ClN3O8. The number of aliphatic hydroxyl groups excluding tert-OH is 2. The van der Waals surface area contributed by atoms with Gasteiger partial charge < -0.3 is 31.1 Å². The van der Waals surface area contributed by atoms with Crippen molar-refractivity contribution < 1.29 is 39.6 Å². The highest BCUT2D eigenvalue weighted by Crippen LogP contribution is 2.24. The Hall–Kier alpha value is -3.17. The normalized spacial score (nSPS) is 16.9. The number of amides is 3. The maximum absolute atomic E-state index is 11.5. The Labute approximate surface area is 188 Å². The first-order valence-corrected chi connectivity index (χ1v) is 9.91. The van der Waals surface area contributed by atoms with Gasteiger partial charge in [-0.15, -0.1) is 0 Å². The number of carboxylic acids is 2. The summed E-state index contributed by atoms with van der Waals surface area (Å²) in [5.41, 5.74) is 3.24. The molecule has 1 saturated heterocycles. The van der Waals surface area contributed by atoms with Crippen molar-refractivity contribution in [2.75, 3.05) is 26.2 Å². The first kappa shape index (κ1) is 25.1. The molecule has 0 spiro atoms. The lowest BCUT2D eigenvalue weighted by molar-refractivity contribution is -0.165. The van der Waals surface area contributed by atoms with Crippen molar-refractivity contribution in [3.8, 4) is 11.8 Å². The van der Waals surface area contributed by atoms with Gasteiger partial charge in [0.1, 0.15) is 0 Å². The lowest BCUT2D eigenvalue weighted by Crippen LogP contribution is -2.39. The quantitative estimate of drug-likeness (QED) is 0.235. The summed E-state index contributed by atoms with van der Waals surface area (Å²) >= 11 is 6.28. The van der Waals surface area contributed by atoms with Crippen molar-refractivity contribution in [1.29, 1.82) is 0 Å². The van der Waals surface area contributed by atoms with Crippen LogP contribution in [0.25, 0.3) is 0 Å². The summed E-state index contributed by atoms with van der Waals surface area (Å²) in [5, 5.41) is 39.0. The molecule has 0 aromatic heterocycles. The van der Waals surface area contributed by atoms with E-state index in [9.17, 15) is 19.2 Å². The monoisotopic (exact) mass is 467 g/mol. The van der Waals surface area contributed by atoms with Crippen LogP contribution in [0, 0.1) is 11.8 Å². The van der Waals surface area contributed by atoms with Crippen LogP contribution >= 0.6 is 11.6 Å². The first-order valence-electron chi connectivity index (χ1n) is 9.53. The third-order valence-electron chi connectivity index (χ3n) is 4.67. The number of nitrogens with one attached hydrogen (secondary N) is 2. The number of fused-ring (bicyclic) bond motifs is 1. The average molecular weight is 468 g/mol. The van der Waals surface area contributed by atoms with E-state index >= 15 is 0 Å². The van der Waals surface area contributed by atoms with E-state index < -0.39 is 24.1 Å². The summed E-state index contributed by atoms with van der Waals surface area (Å²) in [5.74, 6) is 2.17. The SMILES string of the molecule is O=C(O)[C@H](O)[C@@H](O)C(=O)O.O=C1CNC(=O)N1CC#Cc1c(Cl)ccc2c1CCNCC2. The number of nitrogens with zero attached hydrogens (tertiary/aromatic N) is 1. The molecule has 0 bridgehead atoms. The minimum absolute atomic E-state index is 0.0493. The second kappa shape index (κ2) is 11.4. The molecule has 3 rings (SSSR count). The molecule has 3 amide bonds. The standard InChI is InChI=1S/C16H16ClN3O2.C4H6O6/c17-14-4-3-11-5-7-18-8-6-12(11)13(14)2-1-9-20-15(21)10-19-16(20)22;5-1(3(7)8)2(6)4(9)10/h3-4,18H,5-10H2,(H,19,22);1-2,5-6H,(H,7,8)(H,9,10)/t;1-,2-/m.1/s1. The maximum Gasteiger partial charge on any atom is 0.335 e. The highest BCUT2D eigenvalue weighted by molar-refractivity contribution is 6.31. The van der Waals surface area contributed by atoms with Gasteiger partial charge in [-0.3, -0.25) is 9.69 Å². The van der Waals surface area contributed by atoms with E-state index in [1.54, 1.807) is 0 Å². The predicted molar refractivity (Wildman–Crippen MR) is 111 cm³/mol. The van der Waals surface area contributed by atoms with E-state index in [0.29, 0.717) is 5.02 Å². The summed E-state index contributed by atoms with van der Waals surface area (Å²) in [6, 6.07) is 3.53. The van der Waals surface area contributed by atoms with E-state index in [1.807, 2.05) is 12.1 Å². The Morgan fingerprint density at radius 2 is 1.72 bits per heavy atom. The number of aliphatic carboxylic acids is 2. The minimum atomic E-state index is -2.27. The van der Waals surface area contributed by atoms with Crippen LogP contribution in [-0.2, 0) is 27.2 Å². The number of carbonyl (C=O) groups is 4. The Morgan fingerprint density at radius 1 is 1.09 bits per heavy atom. The van der Waals surface area contributed by atoms with Gasteiger partial charge in [-0.2, -0.15) is 0 Å². The fraction of sp³-hybridized carbons (Fsp3) is 0.400. The molecule has 2 aliphatic heterocycles. The zero-order chi connectivity index (χ0) is 23.8. The van der Waals surface area contributed by atoms with Gasteiger partial charge in [-0.05, 0) is 43.1 Å². The number of halogens is 1. The number of aliphatic hydroxyl groups is 2. The zero-order valence-corrected chi connectivity index (χ0v) is 17.6. The first-order chi connectivity index (χ1) is 15.1. The summed E-state index contributed by atoms with van der Waals surface area (Å²) in [4.78, 5) is 43.6. The van der Waals surface area contributed by atoms with Crippen molar-refractivity contribution in [2.45, 2.75) is 25.0 Å². The van der Waals surface area contributed by atoms with E-state index in [-0.39, 0.29) is 25.0 Å². The van der Waals surface area contributed by atoms with Crippen LogP contribution in [0.2, 0.25) is 5.02 Å². The second-order valence-electron chi connectivity index (χ2n) is 6.82. The summed E-state index contributed by atoms with van der Waals surface area (Å²) < 4.78 is 0. The Balaban J connectivity index is 0.000000309. The highest BCUT2D eigenvalue weighted by atomic mass is 35.5. The maximum atomic E-state index is 11.5. The van der Waals surface area contributed by atoms with Gasteiger partial charge in [-0.25, -0.2) is 14.4 Å². The van der Waals surface area contributed by atoms with Crippen LogP contribution in [-0.4, -0.2) is 87.6 Å². The molecule has 12 heteroatoms. The van der Waals surface area contributed by atoms with Gasteiger partial charge in [0.25, 0.3) is 5.91 Å². The average Bonchev–Trinajstić information content (AvgIpc) is 2.94. The molecule has 1 aromatic carbocycles. The third-order valence-corrected chi connectivity index (χ3v) is 4.99. The van der Waals surface area contributed by atoms with E-state index in [4.69, 9.17) is 32.0 Å². The summed E-state index contributed by atoms with van der Waals surface area (Å²) in [6.45, 7) is 1.98. The fourth-order valence-electron chi connectivity index (χ4n) is 2.97. The molecule has 0 radical (unpaired) electrons. The van der Waals surface area contributed by atoms with Crippen LogP contribution in [0.5, 0.6) is 0 Å². The van der Waals surface area contributed by atoms with Crippen molar-refractivity contribution in [2.24, 2.45) is 0 Å². The van der Waals surface area contributed by atoms with Gasteiger partial charge in [-0.1, -0.05) is 29.5 Å². The number of carboxylic acid groups (broad SMARTS) is 2. The van der Waals surface area contributed by atoms with Gasteiger partial charge in [0.2, 0.25) is 0 Å². The van der Waals surface area contributed by atoms with Crippen LogP contribution in [0.1, 0.15) is 16.7 Å². The van der Waals surface area contributed by atoms with Crippen molar-refractivity contribution in [1.82, 2.24) is 15.5 Å². The second-order valence-corrected chi connectivity index (χ2v) is 7.22. The zero-order valence-electron chi connectivity index (χ0n) is 16.8. The molecule has 2 heterocycles. The summed E-state index contributed by atoms with van der Waals surface area (Å²) in [7, 11) is 0. The van der Waals surface area contributed by atoms with Crippen LogP contribution in [0.4, 0.5) is 4.79 Å². The van der Waals surface area contributed by atoms with Crippen LogP contribution in [0.3, 0.4) is 0 Å². The molecule has 11 nitrogen and oxygen atoms in total. The van der Waals surface area contributed by atoms with Gasteiger partial charge in [0.15, 0.2) is 12.2 Å². The lowest BCUT2D eigenvalue weighted by atomic mass is 9.97. The molecule has 32 heavy (non-hydrogen) atoms. The number of rotatable bonds is 4. The van der Waals surface area contributed by atoms with Crippen LogP contribution < -0.4 is 10.6 Å². The van der Waals surface area contributed by atoms with Crippen molar-refractivity contribution in [3.05, 3.63) is 33.8 Å². The van der Waals surface area contributed by atoms with Crippen molar-refractivity contribution in [3.63, 3.8) is 0 Å². The Kier molecular flexibility index (Phi) is 8.98. The number of imide groups is 1. The van der Waals surface area contributed by atoms with Gasteiger partial charge in [0.05, 0.1) is 18.1 Å². The smallest absolute Gasteiger partial charge is 0.335 e. The van der Waals surface area contributed by atoms with Gasteiger partial charge >= 0.3 is 18.0 Å². The largest absolute Gasteiger partial charge is 0.479 e. The molecule has 0 unspecified atom stereocenters. The molecule has 2 atom stereocenters. The molecule has 0 aliphatic carbocycles. The third kappa shape index (κ3) is 6.41. The molecular weight excluding hydrogens is 446 g/mol. The van der Waals surface area contributed by atoms with Crippen molar-refractivity contribution >= 4 is 35.5 Å². The molecule has 172 valence electrons. The predicted octanol–water partition coefficient (Wildman–Crippen LogP) is -1.19. The van der Waals surface area contributed by atoms with Gasteiger partial charge in [0, 0.05) is 5.56 Å². The van der Waals surface area contributed by atoms with E-state index in [2.05, 4.69) is 22.5 Å². The van der Waals surface area contributed by atoms with Crippen LogP contribution in [0.15, 0.2) is 12.1 Å². The topological polar surface area (TPSA) is 177 Å². The number of benzene rings is 1. The number of hydrogen-bond donors (Lipinski definition) is 6. The molecule has 6 N–H and O–H groups in total. The molecule has 1 fully saturated rings. The molecule has 0 saturated carbocycles. The Bertz CT molecular complexity index is 938. The summed E-state index contributed by atoms with van der Waals surface area (Å²) in [6.07, 6.45) is -2.70. The lowest BCUT2D eigenvalue weighted by Gasteiger charge is -2.10. The minimum Gasteiger partial charge on any atom is -0.479 e. The highest BCUT2D eigenvalue weighted by Gasteiger charge is 2.29. The van der Waals surface area contributed by atoms with E-state index in [0.717, 1.165) is 36.4 Å².